The standard InChI is InChI=1S/C7H11F3/c1-4-6(2,3)7(4,10)5(8)9/h4-5H,1-3H3/t4-,7-/m1/s1. The van der Waals surface area contributed by atoms with Gasteiger partial charge in [-0.25, -0.2) is 13.2 Å². The van der Waals surface area contributed by atoms with E-state index >= 15 is 0 Å². The van der Waals surface area contributed by atoms with Crippen LogP contribution in [0.5, 0.6) is 0 Å². The quantitative estimate of drug-likeness (QED) is 0.541. The van der Waals surface area contributed by atoms with Crippen molar-refractivity contribution in [1.82, 2.24) is 0 Å². The molecule has 0 nitrogen and oxygen atoms in total. The molecule has 1 aliphatic rings. The first-order valence-electron chi connectivity index (χ1n) is 3.32. The average Bonchev–Trinajstić information content (AvgIpc) is 2.16. The number of hydrogen-bond acceptors (Lipinski definition) is 0. The molecule has 3 heteroatoms. The van der Waals surface area contributed by atoms with Crippen LogP contribution in [0.15, 0.2) is 0 Å². The van der Waals surface area contributed by atoms with Crippen molar-refractivity contribution in [1.29, 1.82) is 0 Å². The Morgan fingerprint density at radius 1 is 1.30 bits per heavy atom. The number of halogens is 3. The van der Waals surface area contributed by atoms with Crippen molar-refractivity contribution in [3.8, 4) is 0 Å². The van der Waals surface area contributed by atoms with Crippen molar-refractivity contribution in [2.75, 3.05) is 0 Å². The molecular weight excluding hydrogens is 141 g/mol. The lowest BCUT2D eigenvalue weighted by atomic mass is 10.1. The molecule has 0 amide bonds. The second kappa shape index (κ2) is 1.69. The number of rotatable bonds is 1. The lowest BCUT2D eigenvalue weighted by Gasteiger charge is -2.07. The van der Waals surface area contributed by atoms with Crippen LogP contribution in [0.1, 0.15) is 20.8 Å². The van der Waals surface area contributed by atoms with Crippen LogP contribution in [0.3, 0.4) is 0 Å². The third-order valence-electron chi connectivity index (χ3n) is 2.93. The number of alkyl halides is 3. The van der Waals surface area contributed by atoms with E-state index in [2.05, 4.69) is 0 Å². The highest BCUT2D eigenvalue weighted by atomic mass is 19.3. The summed E-state index contributed by atoms with van der Waals surface area (Å²) in [7, 11) is 0. The van der Waals surface area contributed by atoms with Gasteiger partial charge in [-0.3, -0.25) is 0 Å². The average molecular weight is 152 g/mol. The van der Waals surface area contributed by atoms with E-state index in [0.29, 0.717) is 0 Å². The molecule has 1 saturated carbocycles. The molecule has 0 N–H and O–H groups in total. The first kappa shape index (κ1) is 7.89. The maximum atomic E-state index is 13.0. The lowest BCUT2D eigenvalue weighted by Crippen LogP contribution is -2.20. The second-order valence-electron chi connectivity index (χ2n) is 3.51. The van der Waals surface area contributed by atoms with E-state index in [1.165, 1.54) is 20.8 Å². The van der Waals surface area contributed by atoms with E-state index < -0.39 is 23.4 Å². The molecule has 2 atom stereocenters. The smallest absolute Gasteiger partial charge is 0.237 e. The van der Waals surface area contributed by atoms with E-state index in [1.54, 1.807) is 0 Å². The Bertz CT molecular complexity index is 153. The van der Waals surface area contributed by atoms with Crippen molar-refractivity contribution in [3.05, 3.63) is 0 Å². The monoisotopic (exact) mass is 152 g/mol. The predicted octanol–water partition coefficient (Wildman–Crippen LogP) is 2.64. The SMILES string of the molecule is C[C@@H]1C(C)(C)[C@]1(F)C(F)F. The fraction of sp³-hybridized carbons (Fsp3) is 1.00. The molecule has 10 heavy (non-hydrogen) atoms. The largest absolute Gasteiger partial charge is 0.272 e. The summed E-state index contributed by atoms with van der Waals surface area (Å²) in [5, 5.41) is 0. The van der Waals surface area contributed by atoms with E-state index in [9.17, 15) is 13.2 Å². The maximum Gasteiger partial charge on any atom is 0.272 e. The molecule has 1 fully saturated rings. The predicted molar refractivity (Wildman–Crippen MR) is 32.8 cm³/mol. The summed E-state index contributed by atoms with van der Waals surface area (Å²) in [6.07, 6.45) is -2.84. The van der Waals surface area contributed by atoms with Crippen LogP contribution in [0.4, 0.5) is 13.2 Å². The summed E-state index contributed by atoms with van der Waals surface area (Å²) >= 11 is 0. The minimum Gasteiger partial charge on any atom is -0.237 e. The van der Waals surface area contributed by atoms with Crippen molar-refractivity contribution in [2.24, 2.45) is 11.3 Å². The van der Waals surface area contributed by atoms with Crippen molar-refractivity contribution >= 4 is 0 Å². The Morgan fingerprint density at radius 3 is 1.60 bits per heavy atom. The molecule has 0 heterocycles. The molecule has 0 aliphatic heterocycles. The van der Waals surface area contributed by atoms with Gasteiger partial charge in [0.2, 0.25) is 0 Å². The number of hydrogen-bond donors (Lipinski definition) is 0. The molecule has 60 valence electrons. The fourth-order valence-corrected chi connectivity index (χ4v) is 1.47. The van der Waals surface area contributed by atoms with Gasteiger partial charge in [-0.2, -0.15) is 0 Å². The molecule has 1 aliphatic carbocycles. The Hall–Kier alpha value is -0.210. The van der Waals surface area contributed by atoms with Gasteiger partial charge in [0.15, 0.2) is 5.67 Å². The Balaban J connectivity index is 2.78. The zero-order valence-electron chi connectivity index (χ0n) is 6.29. The summed E-state index contributed by atoms with van der Waals surface area (Å²) in [6.45, 7) is 4.58. The van der Waals surface area contributed by atoms with E-state index in [1.807, 2.05) is 0 Å². The van der Waals surface area contributed by atoms with Crippen LogP contribution >= 0.6 is 0 Å². The van der Waals surface area contributed by atoms with Crippen LogP contribution in [0, 0.1) is 11.3 Å². The first-order chi connectivity index (χ1) is 4.35. The Labute approximate surface area is 58.4 Å². The van der Waals surface area contributed by atoms with Crippen LogP contribution in [-0.4, -0.2) is 12.1 Å². The second-order valence-corrected chi connectivity index (χ2v) is 3.51. The summed E-state index contributed by atoms with van der Waals surface area (Å²) in [4.78, 5) is 0. The molecule has 0 radical (unpaired) electrons. The third kappa shape index (κ3) is 0.584. The first-order valence-corrected chi connectivity index (χ1v) is 3.32. The van der Waals surface area contributed by atoms with Gasteiger partial charge in [0, 0.05) is 11.3 Å². The molecule has 0 aromatic carbocycles. The fourth-order valence-electron chi connectivity index (χ4n) is 1.47. The lowest BCUT2D eigenvalue weighted by molar-refractivity contribution is 0.00673. The van der Waals surface area contributed by atoms with Crippen LogP contribution < -0.4 is 0 Å². The molecule has 0 unspecified atom stereocenters. The molecule has 0 aromatic heterocycles. The minimum absolute atomic E-state index is 0.514. The van der Waals surface area contributed by atoms with E-state index in [-0.39, 0.29) is 0 Å². The van der Waals surface area contributed by atoms with Crippen LogP contribution in [0.25, 0.3) is 0 Å². The summed E-state index contributed by atoms with van der Waals surface area (Å²) in [5.41, 5.74) is -3.06. The summed E-state index contributed by atoms with van der Waals surface area (Å²) < 4.78 is 37.0. The topological polar surface area (TPSA) is 0 Å². The molecule has 0 spiro atoms. The molecule has 0 saturated heterocycles. The van der Waals surface area contributed by atoms with E-state index in [4.69, 9.17) is 0 Å². The van der Waals surface area contributed by atoms with Crippen LogP contribution in [-0.2, 0) is 0 Å². The van der Waals surface area contributed by atoms with E-state index in [0.717, 1.165) is 0 Å². The zero-order chi connectivity index (χ0) is 8.15. The van der Waals surface area contributed by atoms with Gasteiger partial charge in [0.1, 0.15) is 0 Å². The van der Waals surface area contributed by atoms with Gasteiger partial charge in [0.25, 0.3) is 6.43 Å². The highest BCUT2D eigenvalue weighted by Crippen LogP contribution is 2.66. The molecular formula is C7H11F3. The van der Waals surface area contributed by atoms with Gasteiger partial charge in [-0.1, -0.05) is 20.8 Å². The molecule has 1 rings (SSSR count). The summed E-state index contributed by atoms with van der Waals surface area (Å²) in [6, 6.07) is 0. The molecule has 0 bridgehead atoms. The highest BCUT2D eigenvalue weighted by Gasteiger charge is 2.75. The van der Waals surface area contributed by atoms with Gasteiger partial charge in [0.05, 0.1) is 0 Å². The summed E-state index contributed by atoms with van der Waals surface area (Å²) in [5.74, 6) is -0.514. The third-order valence-corrected chi connectivity index (χ3v) is 2.93. The molecule has 0 aromatic rings. The van der Waals surface area contributed by atoms with Gasteiger partial charge in [-0.05, 0) is 0 Å². The highest BCUT2D eigenvalue weighted by molar-refractivity contribution is 5.19. The van der Waals surface area contributed by atoms with Gasteiger partial charge in [-0.15, -0.1) is 0 Å². The zero-order valence-corrected chi connectivity index (χ0v) is 6.29. The van der Waals surface area contributed by atoms with Crippen molar-refractivity contribution < 1.29 is 13.2 Å². The van der Waals surface area contributed by atoms with Gasteiger partial charge >= 0.3 is 0 Å². The Kier molecular flexibility index (Phi) is 1.33. The van der Waals surface area contributed by atoms with Crippen molar-refractivity contribution in [3.63, 3.8) is 0 Å². The minimum atomic E-state index is -2.84. The van der Waals surface area contributed by atoms with Crippen LogP contribution in [0.2, 0.25) is 0 Å². The van der Waals surface area contributed by atoms with Gasteiger partial charge < -0.3 is 0 Å². The van der Waals surface area contributed by atoms with Crippen molar-refractivity contribution in [2.45, 2.75) is 32.9 Å². The normalized spacial score (nSPS) is 44.1. The maximum absolute atomic E-state index is 13.0. The Morgan fingerprint density at radius 2 is 1.60 bits per heavy atom.